The Morgan fingerprint density at radius 3 is 2.45 bits per heavy atom. The van der Waals surface area contributed by atoms with Crippen molar-refractivity contribution in [1.29, 1.82) is 0 Å². The van der Waals surface area contributed by atoms with E-state index in [0.29, 0.717) is 26.6 Å². The molecule has 0 radical (unpaired) electrons. The lowest BCUT2D eigenvalue weighted by Gasteiger charge is -2.36. The summed E-state index contributed by atoms with van der Waals surface area (Å²) in [6, 6.07) is 14.7. The van der Waals surface area contributed by atoms with E-state index < -0.39 is 12.0 Å². The molecular formula is C23H21Cl3N4O. The van der Waals surface area contributed by atoms with Crippen molar-refractivity contribution >= 4 is 52.2 Å². The number of hydrogen-bond donors (Lipinski definition) is 0. The molecule has 2 heterocycles. The average Bonchev–Trinajstić information content (AvgIpc) is 3.14. The van der Waals surface area contributed by atoms with Gasteiger partial charge >= 0.3 is 0 Å². The Hall–Kier alpha value is -2.34. The van der Waals surface area contributed by atoms with Gasteiger partial charge in [-0.05, 0) is 37.1 Å². The zero-order valence-electron chi connectivity index (χ0n) is 17.3. The van der Waals surface area contributed by atoms with E-state index in [1.165, 1.54) is 0 Å². The molecule has 1 aliphatic heterocycles. The maximum absolute atomic E-state index is 13.8. The second-order valence-corrected chi connectivity index (χ2v) is 8.87. The Kier molecular flexibility index (Phi) is 6.11. The van der Waals surface area contributed by atoms with Crippen LogP contribution in [0.25, 0.3) is 0 Å². The maximum atomic E-state index is 13.8. The quantitative estimate of drug-likeness (QED) is 0.440. The molecule has 0 bridgehead atoms. The van der Waals surface area contributed by atoms with Crippen LogP contribution in [0.1, 0.15) is 37.1 Å². The van der Waals surface area contributed by atoms with Crippen LogP contribution in [-0.4, -0.2) is 33.3 Å². The lowest BCUT2D eigenvalue weighted by molar-refractivity contribution is -0.135. The third-order valence-corrected chi connectivity index (χ3v) is 6.81. The van der Waals surface area contributed by atoms with Crippen molar-refractivity contribution in [2.24, 2.45) is 10.9 Å². The number of halogens is 3. The van der Waals surface area contributed by atoms with Gasteiger partial charge in [0.05, 0.1) is 28.3 Å². The molecule has 2 unspecified atom stereocenters. The van der Waals surface area contributed by atoms with E-state index >= 15 is 0 Å². The van der Waals surface area contributed by atoms with Crippen molar-refractivity contribution < 1.29 is 4.79 Å². The zero-order chi connectivity index (χ0) is 22.3. The van der Waals surface area contributed by atoms with Gasteiger partial charge in [-0.3, -0.25) is 4.79 Å². The predicted octanol–water partition coefficient (Wildman–Crippen LogP) is 6.37. The Morgan fingerprint density at radius 1 is 1.06 bits per heavy atom. The van der Waals surface area contributed by atoms with Crippen LogP contribution in [0.3, 0.4) is 0 Å². The van der Waals surface area contributed by atoms with Gasteiger partial charge < -0.3 is 4.90 Å². The van der Waals surface area contributed by atoms with Crippen LogP contribution in [0.15, 0.2) is 59.7 Å². The van der Waals surface area contributed by atoms with E-state index in [9.17, 15) is 4.79 Å². The fourth-order valence-corrected chi connectivity index (χ4v) is 4.44. The van der Waals surface area contributed by atoms with E-state index in [1.807, 2.05) is 57.3 Å². The van der Waals surface area contributed by atoms with Crippen molar-refractivity contribution in [2.45, 2.75) is 25.9 Å². The molecule has 2 aromatic carbocycles. The van der Waals surface area contributed by atoms with Crippen LogP contribution in [0.4, 0.5) is 5.82 Å². The fraction of sp³-hybridized carbons (Fsp3) is 0.261. The van der Waals surface area contributed by atoms with Gasteiger partial charge in [0.2, 0.25) is 5.91 Å². The maximum Gasteiger partial charge on any atom is 0.234 e. The van der Waals surface area contributed by atoms with Crippen LogP contribution in [0.5, 0.6) is 0 Å². The second kappa shape index (κ2) is 8.65. The summed E-state index contributed by atoms with van der Waals surface area (Å²) < 4.78 is 1.69. The number of fused-ring (bicyclic) bond motifs is 1. The Labute approximate surface area is 196 Å². The van der Waals surface area contributed by atoms with Crippen LogP contribution in [0, 0.1) is 5.92 Å². The molecule has 0 aliphatic carbocycles. The molecule has 1 aromatic heterocycles. The SMILES string of the molecule is CC1=Nc2c(Cl)cnn2C(c2ccc(Cl)c(Cl)c2)C1C(=O)N(C)[C@@H](C)c1ccccc1. The highest BCUT2D eigenvalue weighted by molar-refractivity contribution is 6.42. The highest BCUT2D eigenvalue weighted by Gasteiger charge is 2.41. The first kappa shape index (κ1) is 21.9. The van der Waals surface area contributed by atoms with Gasteiger partial charge in [0, 0.05) is 12.8 Å². The van der Waals surface area contributed by atoms with E-state index in [0.717, 1.165) is 11.1 Å². The summed E-state index contributed by atoms with van der Waals surface area (Å²) in [5.74, 6) is -0.110. The number of hydrogen-bond acceptors (Lipinski definition) is 3. The number of amides is 1. The molecule has 0 saturated carbocycles. The molecular weight excluding hydrogens is 455 g/mol. The monoisotopic (exact) mass is 474 g/mol. The average molecular weight is 476 g/mol. The Morgan fingerprint density at radius 2 is 1.77 bits per heavy atom. The summed E-state index contributed by atoms with van der Waals surface area (Å²) in [5, 5.41) is 5.72. The molecule has 1 amide bonds. The highest BCUT2D eigenvalue weighted by atomic mass is 35.5. The number of carbonyl (C=O) groups excluding carboxylic acids is 1. The van der Waals surface area contributed by atoms with E-state index in [1.54, 1.807) is 27.9 Å². The van der Waals surface area contributed by atoms with Crippen LogP contribution >= 0.6 is 34.8 Å². The Bertz CT molecular complexity index is 1160. The topological polar surface area (TPSA) is 50.5 Å². The van der Waals surface area contributed by atoms with Crippen molar-refractivity contribution in [1.82, 2.24) is 14.7 Å². The second-order valence-electron chi connectivity index (χ2n) is 7.65. The summed E-state index contributed by atoms with van der Waals surface area (Å²) in [4.78, 5) is 20.2. The standard InChI is InChI=1S/C23H21Cl3N4O/c1-13-20(23(31)29(3)14(2)15-7-5-4-6-8-15)21(16-9-10-17(24)18(25)11-16)30-22(28-13)19(26)12-27-30/h4-12,14,20-21H,1-3H3/t14-,20?,21?/m0/s1. The zero-order valence-corrected chi connectivity index (χ0v) is 19.5. The number of aliphatic imine (C=N–C) groups is 1. The van der Waals surface area contributed by atoms with Crippen molar-refractivity contribution in [2.75, 3.05) is 7.05 Å². The molecule has 0 saturated heterocycles. The van der Waals surface area contributed by atoms with E-state index in [2.05, 4.69) is 10.1 Å². The lowest BCUT2D eigenvalue weighted by Crippen LogP contribution is -2.44. The van der Waals surface area contributed by atoms with E-state index in [4.69, 9.17) is 34.8 Å². The van der Waals surface area contributed by atoms with Gasteiger partial charge in [0.1, 0.15) is 10.9 Å². The van der Waals surface area contributed by atoms with Crippen molar-refractivity contribution in [3.05, 3.63) is 80.9 Å². The number of nitrogens with zero attached hydrogens (tertiary/aromatic N) is 4. The largest absolute Gasteiger partial charge is 0.338 e. The summed E-state index contributed by atoms with van der Waals surface area (Å²) >= 11 is 18.8. The van der Waals surface area contributed by atoms with E-state index in [-0.39, 0.29) is 11.9 Å². The van der Waals surface area contributed by atoms with Gasteiger partial charge in [0.25, 0.3) is 0 Å². The third-order valence-electron chi connectivity index (χ3n) is 5.80. The molecule has 4 rings (SSSR count). The normalized spacial score (nSPS) is 18.8. The number of rotatable bonds is 4. The summed E-state index contributed by atoms with van der Waals surface area (Å²) in [6.45, 7) is 3.86. The fourth-order valence-electron chi connectivity index (χ4n) is 3.96. The predicted molar refractivity (Wildman–Crippen MR) is 126 cm³/mol. The minimum Gasteiger partial charge on any atom is -0.338 e. The van der Waals surface area contributed by atoms with Gasteiger partial charge in [-0.25, -0.2) is 9.67 Å². The number of benzene rings is 2. The molecule has 0 fully saturated rings. The summed E-state index contributed by atoms with van der Waals surface area (Å²) in [5.41, 5.74) is 2.53. The molecule has 8 heteroatoms. The molecule has 3 aromatic rings. The van der Waals surface area contributed by atoms with Crippen molar-refractivity contribution in [3.8, 4) is 0 Å². The minimum atomic E-state index is -0.572. The molecule has 3 atom stereocenters. The van der Waals surface area contributed by atoms with Crippen LogP contribution in [-0.2, 0) is 4.79 Å². The first-order valence-corrected chi connectivity index (χ1v) is 11.0. The van der Waals surface area contributed by atoms with Gasteiger partial charge in [-0.2, -0.15) is 5.10 Å². The molecule has 5 nitrogen and oxygen atoms in total. The van der Waals surface area contributed by atoms with Crippen molar-refractivity contribution in [3.63, 3.8) is 0 Å². The first-order chi connectivity index (χ1) is 14.8. The van der Waals surface area contributed by atoms with Crippen LogP contribution < -0.4 is 0 Å². The van der Waals surface area contributed by atoms with Gasteiger partial charge in [-0.15, -0.1) is 0 Å². The number of aromatic nitrogens is 2. The van der Waals surface area contributed by atoms with Crippen LogP contribution in [0.2, 0.25) is 15.1 Å². The Balaban J connectivity index is 1.78. The number of carbonyl (C=O) groups is 1. The third kappa shape index (κ3) is 3.98. The molecule has 160 valence electrons. The van der Waals surface area contributed by atoms with Gasteiger partial charge in [0.15, 0.2) is 5.82 Å². The molecule has 31 heavy (non-hydrogen) atoms. The first-order valence-electron chi connectivity index (χ1n) is 9.84. The van der Waals surface area contributed by atoms with Gasteiger partial charge in [-0.1, -0.05) is 71.2 Å². The smallest absolute Gasteiger partial charge is 0.234 e. The lowest BCUT2D eigenvalue weighted by atomic mass is 9.86. The summed E-state index contributed by atoms with van der Waals surface area (Å²) in [7, 11) is 1.81. The molecule has 0 spiro atoms. The molecule has 0 N–H and O–H groups in total. The summed E-state index contributed by atoms with van der Waals surface area (Å²) in [6.07, 6.45) is 1.54. The highest BCUT2D eigenvalue weighted by Crippen LogP contribution is 2.42. The minimum absolute atomic E-state index is 0.0639. The molecule has 1 aliphatic rings.